The van der Waals surface area contributed by atoms with Crippen LogP contribution >= 0.6 is 0 Å². The van der Waals surface area contributed by atoms with Crippen LogP contribution in [-0.2, 0) is 11.3 Å². The molecule has 0 saturated carbocycles. The molecule has 2 aromatic heterocycles. The lowest BCUT2D eigenvalue weighted by Crippen LogP contribution is -2.40. The molecule has 12 heteroatoms. The molecule has 0 unspecified atom stereocenters. The summed E-state index contributed by atoms with van der Waals surface area (Å²) in [5.74, 6) is 0.686. The number of hydrogen-bond donors (Lipinski definition) is 3. The molecule has 5 rings (SSSR count). The Morgan fingerprint density at radius 2 is 1.84 bits per heavy atom. The molecule has 198 valence electrons. The van der Waals surface area contributed by atoms with Crippen LogP contribution in [0.25, 0.3) is 21.8 Å². The molecule has 0 radical (unpaired) electrons. The predicted molar refractivity (Wildman–Crippen MR) is 141 cm³/mol. The van der Waals surface area contributed by atoms with Crippen LogP contribution in [0.5, 0.6) is 11.5 Å². The van der Waals surface area contributed by atoms with Gasteiger partial charge in [0.25, 0.3) is 11.8 Å². The van der Waals surface area contributed by atoms with Crippen molar-refractivity contribution < 1.29 is 23.8 Å². The van der Waals surface area contributed by atoms with E-state index >= 15 is 0 Å². The quantitative estimate of drug-likeness (QED) is 0.330. The number of morpholine rings is 1. The number of rotatable bonds is 7. The first-order valence-corrected chi connectivity index (χ1v) is 12.1. The molecule has 1 aliphatic rings. The lowest BCUT2D eigenvalue weighted by molar-refractivity contribution is 0.0303. The van der Waals surface area contributed by atoms with E-state index in [2.05, 4.69) is 15.3 Å². The highest BCUT2D eigenvalue weighted by Gasteiger charge is 2.20. The molecule has 1 aliphatic heterocycles. The molecule has 4 aromatic rings. The van der Waals surface area contributed by atoms with E-state index in [4.69, 9.17) is 19.9 Å². The van der Waals surface area contributed by atoms with Crippen LogP contribution in [0.15, 0.2) is 41.2 Å². The second kappa shape index (κ2) is 10.4. The van der Waals surface area contributed by atoms with Gasteiger partial charge < -0.3 is 35.1 Å². The summed E-state index contributed by atoms with van der Waals surface area (Å²) in [4.78, 5) is 47.1. The fourth-order valence-electron chi connectivity index (χ4n) is 4.51. The van der Waals surface area contributed by atoms with E-state index in [1.165, 1.54) is 18.8 Å². The maximum atomic E-state index is 12.8. The number of nitrogens with one attached hydrogen (secondary N) is 2. The molecule has 38 heavy (non-hydrogen) atoms. The number of methoxy groups -OCH3 is 2. The van der Waals surface area contributed by atoms with Crippen molar-refractivity contribution in [1.29, 1.82) is 0 Å². The van der Waals surface area contributed by atoms with Crippen LogP contribution in [0, 0.1) is 0 Å². The second-order valence-corrected chi connectivity index (χ2v) is 8.80. The minimum absolute atomic E-state index is 0.0644. The highest BCUT2D eigenvalue weighted by atomic mass is 16.5. The van der Waals surface area contributed by atoms with Crippen molar-refractivity contribution in [1.82, 2.24) is 24.8 Å². The van der Waals surface area contributed by atoms with Gasteiger partial charge in [-0.05, 0) is 30.3 Å². The van der Waals surface area contributed by atoms with E-state index in [1.807, 2.05) is 0 Å². The number of fused-ring (bicyclic) bond motifs is 2. The molecule has 0 aliphatic carbocycles. The normalized spacial score (nSPS) is 13.6. The zero-order valence-electron chi connectivity index (χ0n) is 21.1. The Kier molecular flexibility index (Phi) is 6.88. The van der Waals surface area contributed by atoms with Gasteiger partial charge >= 0.3 is 5.69 Å². The van der Waals surface area contributed by atoms with Crippen molar-refractivity contribution in [3.63, 3.8) is 0 Å². The van der Waals surface area contributed by atoms with Gasteiger partial charge in [-0.15, -0.1) is 0 Å². The molecule has 1 saturated heterocycles. The molecular weight excluding hydrogens is 492 g/mol. The number of H-pyrrole nitrogens is 1. The third kappa shape index (κ3) is 4.73. The minimum Gasteiger partial charge on any atom is -0.493 e. The number of aromatic amines is 1. The zero-order chi connectivity index (χ0) is 26.8. The number of benzene rings is 2. The number of hydrogen-bond acceptors (Lipinski definition) is 8. The minimum atomic E-state index is -0.542. The fourth-order valence-corrected chi connectivity index (χ4v) is 4.51. The summed E-state index contributed by atoms with van der Waals surface area (Å²) >= 11 is 0. The summed E-state index contributed by atoms with van der Waals surface area (Å²) in [5.41, 5.74) is 7.74. The Balaban J connectivity index is 1.29. The van der Waals surface area contributed by atoms with Crippen LogP contribution in [0.1, 0.15) is 20.8 Å². The molecule has 3 heterocycles. The maximum absolute atomic E-state index is 12.8. The van der Waals surface area contributed by atoms with E-state index < -0.39 is 5.69 Å². The first-order chi connectivity index (χ1) is 18.4. The topological polar surface area (TPSA) is 154 Å². The van der Waals surface area contributed by atoms with Gasteiger partial charge in [0.2, 0.25) is 0 Å². The van der Waals surface area contributed by atoms with Gasteiger partial charge in [0.05, 0.1) is 33.0 Å². The summed E-state index contributed by atoms with van der Waals surface area (Å²) in [7, 11) is 3.00. The Bertz CT molecular complexity index is 1590. The molecule has 4 N–H and O–H groups in total. The molecule has 0 atom stereocenters. The number of nitrogen functional groups attached to an aromatic ring is 1. The highest BCUT2D eigenvalue weighted by molar-refractivity contribution is 6.01. The van der Waals surface area contributed by atoms with Gasteiger partial charge in [-0.25, -0.2) is 4.79 Å². The maximum Gasteiger partial charge on any atom is 0.349 e. The number of ether oxygens (including phenoxy) is 3. The molecule has 2 aromatic carbocycles. The molecule has 0 bridgehead atoms. The molecule has 0 spiro atoms. The summed E-state index contributed by atoms with van der Waals surface area (Å²) in [6, 6.07) is 10.2. The number of carbonyl (C=O) groups is 2. The summed E-state index contributed by atoms with van der Waals surface area (Å²) < 4.78 is 17.2. The number of anilines is 1. The molecule has 2 amide bonds. The van der Waals surface area contributed by atoms with Crippen LogP contribution in [-0.4, -0.2) is 78.3 Å². The summed E-state index contributed by atoms with van der Waals surface area (Å²) in [6.45, 7) is 2.42. The second-order valence-electron chi connectivity index (χ2n) is 8.80. The Morgan fingerprint density at radius 3 is 2.58 bits per heavy atom. The van der Waals surface area contributed by atoms with Crippen molar-refractivity contribution in [2.75, 3.05) is 52.8 Å². The SMILES string of the molecule is COc1cc2nc(=O)n(CCNC(=O)c3cc4cc(C(=O)N5CCOCC5)ccc4[nH]3)c(N)c2cc1OC. The van der Waals surface area contributed by atoms with E-state index in [9.17, 15) is 14.4 Å². The third-order valence-electron chi connectivity index (χ3n) is 6.55. The smallest absolute Gasteiger partial charge is 0.349 e. The first-order valence-electron chi connectivity index (χ1n) is 12.1. The van der Waals surface area contributed by atoms with Crippen molar-refractivity contribution in [3.8, 4) is 11.5 Å². The third-order valence-corrected chi connectivity index (χ3v) is 6.55. The predicted octanol–water partition coefficient (Wildman–Crippen LogP) is 1.38. The standard InChI is InChI=1S/C26H28N6O6/c1-36-21-13-17-19(14-22(21)37-2)30-26(35)32(23(17)27)6-5-28-24(33)20-12-16-11-15(3-4-18(16)29-20)25(34)31-7-9-38-10-8-31/h3-4,11-14,29H,5-10,27H2,1-2H3,(H,28,33). The van der Waals surface area contributed by atoms with Crippen LogP contribution in [0.2, 0.25) is 0 Å². The Hall–Kier alpha value is -4.58. The largest absolute Gasteiger partial charge is 0.493 e. The Morgan fingerprint density at radius 1 is 1.11 bits per heavy atom. The van der Waals surface area contributed by atoms with Gasteiger partial charge in [-0.1, -0.05) is 0 Å². The van der Waals surface area contributed by atoms with Gasteiger partial charge in [0.1, 0.15) is 11.5 Å². The van der Waals surface area contributed by atoms with Crippen molar-refractivity contribution >= 4 is 39.4 Å². The average Bonchev–Trinajstić information content (AvgIpc) is 3.38. The zero-order valence-corrected chi connectivity index (χ0v) is 21.1. The molecule has 1 fully saturated rings. The van der Waals surface area contributed by atoms with Crippen LogP contribution in [0.4, 0.5) is 5.82 Å². The van der Waals surface area contributed by atoms with E-state index in [1.54, 1.807) is 41.3 Å². The lowest BCUT2D eigenvalue weighted by Gasteiger charge is -2.26. The lowest BCUT2D eigenvalue weighted by atomic mass is 10.1. The molecular formula is C26H28N6O6. The van der Waals surface area contributed by atoms with E-state index in [0.717, 1.165) is 10.9 Å². The number of carbonyl (C=O) groups excluding carboxylic acids is 2. The van der Waals surface area contributed by atoms with E-state index in [0.29, 0.717) is 60.0 Å². The number of aromatic nitrogens is 3. The fraction of sp³-hybridized carbons (Fsp3) is 0.308. The Labute approximate surface area is 217 Å². The summed E-state index contributed by atoms with van der Waals surface area (Å²) in [5, 5.41) is 4.08. The first kappa shape index (κ1) is 25.1. The molecule has 12 nitrogen and oxygen atoms in total. The van der Waals surface area contributed by atoms with Crippen molar-refractivity contribution in [2.45, 2.75) is 6.54 Å². The van der Waals surface area contributed by atoms with Crippen molar-refractivity contribution in [2.24, 2.45) is 0 Å². The van der Waals surface area contributed by atoms with Gasteiger partial charge in [-0.2, -0.15) is 4.98 Å². The van der Waals surface area contributed by atoms with Gasteiger partial charge in [0.15, 0.2) is 11.5 Å². The van der Waals surface area contributed by atoms with Crippen LogP contribution in [0.3, 0.4) is 0 Å². The number of amides is 2. The van der Waals surface area contributed by atoms with Crippen molar-refractivity contribution in [3.05, 3.63) is 58.1 Å². The van der Waals surface area contributed by atoms with Gasteiger partial charge in [0, 0.05) is 54.1 Å². The van der Waals surface area contributed by atoms with Gasteiger partial charge in [-0.3, -0.25) is 14.2 Å². The van der Waals surface area contributed by atoms with Crippen LogP contribution < -0.4 is 26.2 Å². The number of nitrogens with two attached hydrogens (primary N) is 1. The highest BCUT2D eigenvalue weighted by Crippen LogP contribution is 2.32. The number of nitrogens with zero attached hydrogens (tertiary/aromatic N) is 3. The monoisotopic (exact) mass is 520 g/mol. The summed E-state index contributed by atoms with van der Waals surface area (Å²) in [6.07, 6.45) is 0. The van der Waals surface area contributed by atoms with E-state index in [-0.39, 0.29) is 30.7 Å². The average molecular weight is 521 g/mol.